The Bertz CT molecular complexity index is 1060. The van der Waals surface area contributed by atoms with Crippen molar-refractivity contribution < 1.29 is 9.47 Å². The zero-order valence-corrected chi connectivity index (χ0v) is 16.0. The van der Waals surface area contributed by atoms with Crippen LogP contribution in [-0.4, -0.2) is 22.6 Å². The first-order valence-corrected chi connectivity index (χ1v) is 9.42. The smallest absolute Gasteiger partial charge is 0.180 e. The molecule has 2 N–H and O–H groups in total. The summed E-state index contributed by atoms with van der Waals surface area (Å²) in [6.07, 6.45) is 4.70. The molecule has 0 fully saturated rings. The summed E-state index contributed by atoms with van der Waals surface area (Å²) in [6, 6.07) is 18.9. The molecular formula is C22H20ClN3O2. The average molecular weight is 394 g/mol. The van der Waals surface area contributed by atoms with Gasteiger partial charge in [0.05, 0.1) is 18.9 Å². The van der Waals surface area contributed by atoms with Crippen LogP contribution in [0.3, 0.4) is 0 Å². The Morgan fingerprint density at radius 1 is 0.929 bits per heavy atom. The van der Waals surface area contributed by atoms with Crippen LogP contribution in [0, 0.1) is 0 Å². The average Bonchev–Trinajstić information content (AvgIpc) is 3.15. The number of fused-ring (bicyclic) bond motifs is 1. The van der Waals surface area contributed by atoms with Gasteiger partial charge in [-0.3, -0.25) is 0 Å². The highest BCUT2D eigenvalue weighted by atomic mass is 35.5. The van der Waals surface area contributed by atoms with Crippen molar-refractivity contribution in [1.29, 1.82) is 0 Å². The van der Waals surface area contributed by atoms with Crippen LogP contribution >= 0.6 is 11.6 Å². The number of hydrogen-bond donors (Lipinski definition) is 1. The lowest BCUT2D eigenvalue weighted by Gasteiger charge is -2.08. The van der Waals surface area contributed by atoms with Gasteiger partial charge in [-0.1, -0.05) is 23.7 Å². The Labute approximate surface area is 168 Å². The number of hydrogen-bond acceptors (Lipinski definition) is 4. The predicted octanol–water partition coefficient (Wildman–Crippen LogP) is 5.08. The summed E-state index contributed by atoms with van der Waals surface area (Å²) >= 11 is 5.87. The van der Waals surface area contributed by atoms with Gasteiger partial charge in [0.15, 0.2) is 11.4 Å². The van der Waals surface area contributed by atoms with E-state index in [9.17, 15) is 0 Å². The summed E-state index contributed by atoms with van der Waals surface area (Å²) in [7, 11) is 0. The van der Waals surface area contributed by atoms with Crippen LogP contribution in [0.2, 0.25) is 5.02 Å². The number of imidazole rings is 1. The van der Waals surface area contributed by atoms with Gasteiger partial charge in [-0.25, -0.2) is 4.98 Å². The molecule has 5 nitrogen and oxygen atoms in total. The first-order valence-electron chi connectivity index (χ1n) is 9.04. The summed E-state index contributed by atoms with van der Waals surface area (Å²) < 4.78 is 13.6. The number of rotatable bonds is 7. The molecule has 0 atom stereocenters. The summed E-state index contributed by atoms with van der Waals surface area (Å²) in [5, 5.41) is 0.696. The van der Waals surface area contributed by atoms with Crippen LogP contribution in [0.25, 0.3) is 16.9 Å². The van der Waals surface area contributed by atoms with E-state index >= 15 is 0 Å². The third kappa shape index (κ3) is 4.21. The Morgan fingerprint density at radius 3 is 2.46 bits per heavy atom. The SMILES string of the molecule is Nc1ccc(-c2cn3cccc(OCCCOc4ccc(Cl)cc4)c3n2)cc1. The van der Waals surface area contributed by atoms with Crippen molar-refractivity contribution in [3.8, 4) is 22.8 Å². The van der Waals surface area contributed by atoms with Gasteiger partial charge in [-0.05, 0) is 48.5 Å². The van der Waals surface area contributed by atoms with Crippen molar-refractivity contribution in [3.63, 3.8) is 0 Å². The van der Waals surface area contributed by atoms with E-state index in [2.05, 4.69) is 0 Å². The van der Waals surface area contributed by atoms with Gasteiger partial charge in [-0.15, -0.1) is 0 Å². The second-order valence-corrected chi connectivity index (χ2v) is 6.79. The minimum absolute atomic E-state index is 0.539. The quantitative estimate of drug-likeness (QED) is 0.351. The molecule has 2 aromatic carbocycles. The van der Waals surface area contributed by atoms with Crippen molar-refractivity contribution in [1.82, 2.24) is 9.38 Å². The van der Waals surface area contributed by atoms with Gasteiger partial charge >= 0.3 is 0 Å². The number of halogens is 1. The van der Waals surface area contributed by atoms with Crippen molar-refractivity contribution in [2.24, 2.45) is 0 Å². The van der Waals surface area contributed by atoms with Crippen LogP contribution in [0.15, 0.2) is 73.1 Å². The lowest BCUT2D eigenvalue weighted by atomic mass is 10.1. The number of anilines is 1. The molecule has 0 aliphatic heterocycles. The standard InChI is InChI=1S/C22H20ClN3O2/c23-17-6-10-19(11-7-17)27-13-2-14-28-21-3-1-12-26-15-20(25-22(21)26)16-4-8-18(24)9-5-16/h1,3-12,15H,2,13-14,24H2. The lowest BCUT2D eigenvalue weighted by molar-refractivity contribution is 0.248. The molecule has 28 heavy (non-hydrogen) atoms. The Kier molecular flexibility index (Phi) is 5.35. The van der Waals surface area contributed by atoms with E-state index in [1.165, 1.54) is 0 Å². The number of ether oxygens (including phenoxy) is 2. The fourth-order valence-electron chi connectivity index (χ4n) is 2.85. The van der Waals surface area contributed by atoms with Crippen molar-refractivity contribution >= 4 is 22.9 Å². The number of benzene rings is 2. The minimum atomic E-state index is 0.539. The number of nitrogen functional groups attached to an aromatic ring is 1. The van der Waals surface area contributed by atoms with Crippen LogP contribution in [0.4, 0.5) is 5.69 Å². The maximum absolute atomic E-state index is 5.94. The molecule has 0 radical (unpaired) electrons. The topological polar surface area (TPSA) is 61.8 Å². The second kappa shape index (κ2) is 8.23. The van der Waals surface area contributed by atoms with Crippen LogP contribution in [-0.2, 0) is 0 Å². The van der Waals surface area contributed by atoms with Gasteiger partial charge < -0.3 is 19.6 Å². The Morgan fingerprint density at radius 2 is 1.68 bits per heavy atom. The van der Waals surface area contributed by atoms with E-state index in [-0.39, 0.29) is 0 Å². The molecule has 0 aliphatic rings. The van der Waals surface area contributed by atoms with E-state index in [1.54, 1.807) is 0 Å². The Balaban J connectivity index is 1.38. The number of aromatic nitrogens is 2. The largest absolute Gasteiger partial charge is 0.493 e. The van der Waals surface area contributed by atoms with E-state index in [0.717, 1.165) is 40.5 Å². The molecular weight excluding hydrogens is 374 g/mol. The summed E-state index contributed by atoms with van der Waals surface area (Å²) in [6.45, 7) is 1.10. The van der Waals surface area contributed by atoms with Gasteiger partial charge in [0.25, 0.3) is 0 Å². The van der Waals surface area contributed by atoms with Gasteiger partial charge in [0, 0.05) is 35.1 Å². The molecule has 0 unspecified atom stereocenters. The minimum Gasteiger partial charge on any atom is -0.493 e. The van der Waals surface area contributed by atoms with Crippen LogP contribution in [0.5, 0.6) is 11.5 Å². The first kappa shape index (κ1) is 18.2. The third-order valence-corrected chi connectivity index (χ3v) is 4.53. The predicted molar refractivity (Wildman–Crippen MR) is 112 cm³/mol. The first-order chi connectivity index (χ1) is 13.7. The summed E-state index contributed by atoms with van der Waals surface area (Å²) in [5.74, 6) is 1.54. The highest BCUT2D eigenvalue weighted by Gasteiger charge is 2.09. The van der Waals surface area contributed by atoms with Crippen LogP contribution < -0.4 is 15.2 Å². The van der Waals surface area contributed by atoms with Crippen LogP contribution in [0.1, 0.15) is 6.42 Å². The molecule has 4 aromatic rings. The highest BCUT2D eigenvalue weighted by molar-refractivity contribution is 6.30. The van der Waals surface area contributed by atoms with Gasteiger partial charge in [-0.2, -0.15) is 0 Å². The monoisotopic (exact) mass is 393 g/mol. The molecule has 2 heterocycles. The maximum Gasteiger partial charge on any atom is 0.180 e. The molecule has 0 spiro atoms. The van der Waals surface area contributed by atoms with Gasteiger partial charge in [0.2, 0.25) is 0 Å². The van der Waals surface area contributed by atoms with Crippen molar-refractivity contribution in [2.75, 3.05) is 18.9 Å². The number of nitrogens with zero attached hydrogens (tertiary/aromatic N) is 2. The number of nitrogens with two attached hydrogens (primary N) is 1. The lowest BCUT2D eigenvalue weighted by Crippen LogP contribution is -2.05. The molecule has 0 amide bonds. The normalized spacial score (nSPS) is 10.9. The Hall–Kier alpha value is -3.18. The molecule has 0 bridgehead atoms. The fraction of sp³-hybridized carbons (Fsp3) is 0.136. The molecule has 0 aliphatic carbocycles. The summed E-state index contributed by atoms with van der Waals surface area (Å²) in [5.41, 5.74) is 9.18. The number of pyridine rings is 1. The summed E-state index contributed by atoms with van der Waals surface area (Å²) in [4.78, 5) is 4.72. The van der Waals surface area contributed by atoms with E-state index in [4.69, 9.17) is 31.8 Å². The van der Waals surface area contributed by atoms with E-state index in [0.29, 0.717) is 18.2 Å². The van der Waals surface area contributed by atoms with E-state index < -0.39 is 0 Å². The van der Waals surface area contributed by atoms with Gasteiger partial charge in [0.1, 0.15) is 5.75 Å². The third-order valence-electron chi connectivity index (χ3n) is 4.28. The molecule has 2 aromatic heterocycles. The molecule has 4 rings (SSSR count). The maximum atomic E-state index is 5.94. The molecule has 0 saturated carbocycles. The van der Waals surface area contributed by atoms with Crippen molar-refractivity contribution in [2.45, 2.75) is 6.42 Å². The second-order valence-electron chi connectivity index (χ2n) is 6.36. The zero-order valence-electron chi connectivity index (χ0n) is 15.2. The zero-order chi connectivity index (χ0) is 19.3. The van der Waals surface area contributed by atoms with E-state index in [1.807, 2.05) is 77.5 Å². The fourth-order valence-corrected chi connectivity index (χ4v) is 2.98. The molecule has 0 saturated heterocycles. The molecule has 142 valence electrons. The highest BCUT2D eigenvalue weighted by Crippen LogP contribution is 2.25. The van der Waals surface area contributed by atoms with Crippen molar-refractivity contribution in [3.05, 3.63) is 78.1 Å². The molecule has 6 heteroatoms.